The number of halogens is 2. The van der Waals surface area contributed by atoms with Gasteiger partial charge in [-0.3, -0.25) is 9.59 Å². The van der Waals surface area contributed by atoms with E-state index in [4.69, 9.17) is 4.74 Å². The molecular formula is C16H20F2N2O3. The third kappa shape index (κ3) is 3.85. The van der Waals surface area contributed by atoms with Crippen molar-refractivity contribution >= 4 is 17.5 Å². The summed E-state index contributed by atoms with van der Waals surface area (Å²) >= 11 is 0. The predicted octanol–water partition coefficient (Wildman–Crippen LogP) is 2.22. The molecule has 0 saturated heterocycles. The number of anilines is 1. The molecule has 0 heterocycles. The highest BCUT2D eigenvalue weighted by atomic mass is 19.1. The van der Waals surface area contributed by atoms with Crippen LogP contribution in [0.25, 0.3) is 0 Å². The van der Waals surface area contributed by atoms with Crippen LogP contribution in [0.2, 0.25) is 0 Å². The minimum Gasteiger partial charge on any atom is -0.378 e. The highest BCUT2D eigenvalue weighted by Gasteiger charge is 2.49. The maximum Gasteiger partial charge on any atom is 0.313 e. The first-order valence-electron chi connectivity index (χ1n) is 7.43. The van der Waals surface area contributed by atoms with E-state index < -0.39 is 23.4 Å². The van der Waals surface area contributed by atoms with E-state index in [9.17, 15) is 18.4 Å². The number of ether oxygens (including phenoxy) is 1. The molecule has 1 aliphatic carbocycles. The molecular weight excluding hydrogens is 306 g/mol. The van der Waals surface area contributed by atoms with Gasteiger partial charge in [-0.15, -0.1) is 0 Å². The Balaban J connectivity index is 1.92. The van der Waals surface area contributed by atoms with Gasteiger partial charge in [0.25, 0.3) is 0 Å². The van der Waals surface area contributed by atoms with Crippen LogP contribution in [0.3, 0.4) is 0 Å². The maximum absolute atomic E-state index is 13.1. The zero-order chi connectivity index (χ0) is 17.2. The molecule has 0 radical (unpaired) electrons. The van der Waals surface area contributed by atoms with Crippen LogP contribution in [0.1, 0.15) is 27.2 Å². The molecule has 1 aromatic carbocycles. The summed E-state index contributed by atoms with van der Waals surface area (Å²) in [7, 11) is 0. The summed E-state index contributed by atoms with van der Waals surface area (Å²) in [4.78, 5) is 23.8. The first-order valence-corrected chi connectivity index (χ1v) is 7.43. The van der Waals surface area contributed by atoms with Crippen molar-refractivity contribution in [1.82, 2.24) is 5.32 Å². The molecule has 1 aliphatic rings. The van der Waals surface area contributed by atoms with Crippen LogP contribution >= 0.6 is 0 Å². The second-order valence-corrected chi connectivity index (χ2v) is 6.14. The van der Waals surface area contributed by atoms with Gasteiger partial charge in [0.15, 0.2) is 0 Å². The molecule has 1 saturated carbocycles. The second kappa shape index (κ2) is 6.62. The van der Waals surface area contributed by atoms with Crippen LogP contribution in [-0.2, 0) is 14.3 Å². The molecule has 126 valence electrons. The number of nitrogens with one attached hydrogen (secondary N) is 2. The van der Waals surface area contributed by atoms with Gasteiger partial charge in [-0.25, -0.2) is 8.78 Å². The van der Waals surface area contributed by atoms with E-state index >= 15 is 0 Å². The lowest BCUT2D eigenvalue weighted by molar-refractivity contribution is -0.144. The Bertz CT molecular complexity index is 599. The number of carbonyl (C=O) groups excluding carboxylic acids is 2. The van der Waals surface area contributed by atoms with Crippen molar-refractivity contribution in [3.63, 3.8) is 0 Å². The van der Waals surface area contributed by atoms with Crippen LogP contribution in [-0.4, -0.2) is 30.6 Å². The molecule has 0 aromatic heterocycles. The summed E-state index contributed by atoms with van der Waals surface area (Å²) in [6.45, 7) is 6.37. The molecule has 1 fully saturated rings. The summed E-state index contributed by atoms with van der Waals surface area (Å²) in [6, 6.07) is 2.36. The van der Waals surface area contributed by atoms with Gasteiger partial charge in [0, 0.05) is 29.8 Å². The number of carbonyl (C=O) groups is 2. The third-order valence-electron chi connectivity index (χ3n) is 4.18. The monoisotopic (exact) mass is 326 g/mol. The fourth-order valence-corrected chi connectivity index (χ4v) is 2.65. The SMILES string of the molecule is CCOC1CC(NC(=O)C(=O)Nc2cc(F)cc(F)c2)C1(C)C. The molecule has 0 aliphatic heterocycles. The van der Waals surface area contributed by atoms with Crippen molar-refractivity contribution in [2.24, 2.45) is 5.41 Å². The standard InChI is InChI=1S/C16H20F2N2O3/c1-4-23-13-8-12(16(13,2)3)20-15(22)14(21)19-11-6-9(17)5-10(18)7-11/h5-7,12-13H,4,8H2,1-3H3,(H,19,21)(H,20,22). The van der Waals surface area contributed by atoms with Crippen molar-refractivity contribution in [1.29, 1.82) is 0 Å². The summed E-state index contributed by atoms with van der Waals surface area (Å²) < 4.78 is 31.7. The number of benzene rings is 1. The average molecular weight is 326 g/mol. The minimum atomic E-state index is -0.967. The minimum absolute atomic E-state index is 0.0261. The van der Waals surface area contributed by atoms with E-state index in [2.05, 4.69) is 10.6 Å². The second-order valence-electron chi connectivity index (χ2n) is 6.14. The molecule has 2 rings (SSSR count). The topological polar surface area (TPSA) is 67.4 Å². The smallest absolute Gasteiger partial charge is 0.313 e. The Morgan fingerprint density at radius 1 is 1.22 bits per heavy atom. The Labute approximate surface area is 133 Å². The van der Waals surface area contributed by atoms with Gasteiger partial charge < -0.3 is 15.4 Å². The summed E-state index contributed by atoms with van der Waals surface area (Å²) in [5.41, 5.74) is -0.389. The molecule has 23 heavy (non-hydrogen) atoms. The third-order valence-corrected chi connectivity index (χ3v) is 4.18. The van der Waals surface area contributed by atoms with Crippen LogP contribution < -0.4 is 10.6 Å². The Kier molecular flexibility index (Phi) is 4.99. The van der Waals surface area contributed by atoms with E-state index in [0.717, 1.165) is 12.1 Å². The molecule has 0 spiro atoms. The van der Waals surface area contributed by atoms with Crippen LogP contribution in [0.4, 0.5) is 14.5 Å². The number of hydrogen-bond donors (Lipinski definition) is 2. The first kappa shape index (κ1) is 17.3. The van der Waals surface area contributed by atoms with Crippen molar-refractivity contribution in [2.45, 2.75) is 39.3 Å². The van der Waals surface area contributed by atoms with Crippen molar-refractivity contribution in [3.8, 4) is 0 Å². The fourth-order valence-electron chi connectivity index (χ4n) is 2.65. The Hall–Kier alpha value is -2.02. The van der Waals surface area contributed by atoms with Gasteiger partial charge in [0.1, 0.15) is 11.6 Å². The van der Waals surface area contributed by atoms with E-state index in [0.29, 0.717) is 19.1 Å². The molecule has 2 N–H and O–H groups in total. The molecule has 2 unspecified atom stereocenters. The average Bonchev–Trinajstić information content (AvgIpc) is 2.44. The highest BCUT2D eigenvalue weighted by Crippen LogP contribution is 2.42. The molecule has 2 amide bonds. The van der Waals surface area contributed by atoms with Crippen LogP contribution in [0.5, 0.6) is 0 Å². The summed E-state index contributed by atoms with van der Waals surface area (Å²) in [5, 5.41) is 4.80. The summed E-state index contributed by atoms with van der Waals surface area (Å²) in [6.07, 6.45) is 0.646. The molecule has 2 atom stereocenters. The number of rotatable bonds is 4. The van der Waals surface area contributed by atoms with Crippen LogP contribution in [0, 0.1) is 17.0 Å². The fraction of sp³-hybridized carbons (Fsp3) is 0.500. The summed E-state index contributed by atoms with van der Waals surface area (Å²) in [5.74, 6) is -3.48. The van der Waals surface area contributed by atoms with E-state index in [1.54, 1.807) is 0 Å². The van der Waals surface area contributed by atoms with Crippen molar-refractivity contribution in [3.05, 3.63) is 29.8 Å². The van der Waals surface area contributed by atoms with Crippen molar-refractivity contribution in [2.75, 3.05) is 11.9 Å². The first-order chi connectivity index (χ1) is 10.7. The van der Waals surface area contributed by atoms with E-state index in [1.165, 1.54) is 0 Å². The van der Waals surface area contributed by atoms with Crippen molar-refractivity contribution < 1.29 is 23.1 Å². The zero-order valence-corrected chi connectivity index (χ0v) is 13.3. The predicted molar refractivity (Wildman–Crippen MR) is 80.7 cm³/mol. The number of amides is 2. The van der Waals surface area contributed by atoms with Gasteiger partial charge in [-0.05, 0) is 25.5 Å². The largest absolute Gasteiger partial charge is 0.378 e. The normalized spacial score (nSPS) is 22.1. The lowest BCUT2D eigenvalue weighted by Gasteiger charge is -2.51. The van der Waals surface area contributed by atoms with E-state index in [-0.39, 0.29) is 23.2 Å². The lowest BCUT2D eigenvalue weighted by atomic mass is 9.64. The van der Waals surface area contributed by atoms with Gasteiger partial charge >= 0.3 is 11.8 Å². The molecule has 7 heteroatoms. The Morgan fingerprint density at radius 3 is 2.35 bits per heavy atom. The van der Waals surface area contributed by atoms with Crippen LogP contribution in [0.15, 0.2) is 18.2 Å². The van der Waals surface area contributed by atoms with Gasteiger partial charge in [-0.2, -0.15) is 0 Å². The van der Waals surface area contributed by atoms with E-state index in [1.807, 2.05) is 20.8 Å². The number of hydrogen-bond acceptors (Lipinski definition) is 3. The molecule has 1 aromatic rings. The molecule has 0 bridgehead atoms. The highest BCUT2D eigenvalue weighted by molar-refractivity contribution is 6.39. The Morgan fingerprint density at radius 2 is 1.83 bits per heavy atom. The lowest BCUT2D eigenvalue weighted by Crippen LogP contribution is -2.63. The van der Waals surface area contributed by atoms with Gasteiger partial charge in [0.2, 0.25) is 0 Å². The quantitative estimate of drug-likeness (QED) is 0.834. The zero-order valence-electron chi connectivity index (χ0n) is 13.3. The maximum atomic E-state index is 13.1. The molecule has 5 nitrogen and oxygen atoms in total. The van der Waals surface area contributed by atoms with Gasteiger partial charge in [-0.1, -0.05) is 13.8 Å². The van der Waals surface area contributed by atoms with Gasteiger partial charge in [0.05, 0.1) is 6.10 Å².